The molecule has 0 aromatic rings. The first-order valence-corrected chi connectivity index (χ1v) is 10.1. The molecule has 2 rings (SSSR count). The monoisotopic (exact) mass is 482 g/mol. The number of nitrogens with zero attached hydrogens (tertiary/aromatic N) is 2. The largest absolute Gasteiger partial charge is 0.396 e. The summed E-state index contributed by atoms with van der Waals surface area (Å²) in [5, 5.41) is 16.2. The molecular formula is C19H39IN4O2. The predicted octanol–water partition coefficient (Wildman–Crippen LogP) is 2.07. The van der Waals surface area contributed by atoms with Crippen LogP contribution in [0.2, 0.25) is 0 Å². The van der Waals surface area contributed by atoms with Crippen LogP contribution in [0, 0.1) is 11.3 Å². The Labute approximate surface area is 176 Å². The van der Waals surface area contributed by atoms with Gasteiger partial charge < -0.3 is 25.4 Å². The molecule has 0 saturated carbocycles. The molecule has 0 aromatic heterocycles. The molecule has 0 amide bonds. The van der Waals surface area contributed by atoms with Crippen molar-refractivity contribution in [2.24, 2.45) is 16.3 Å². The lowest BCUT2D eigenvalue weighted by Gasteiger charge is -2.31. The second-order valence-corrected chi connectivity index (χ2v) is 7.56. The summed E-state index contributed by atoms with van der Waals surface area (Å²) in [5.74, 6) is 1.74. The Morgan fingerprint density at radius 1 is 1.27 bits per heavy atom. The number of aliphatic imine (C=N–C) groups is 1. The van der Waals surface area contributed by atoms with Crippen LogP contribution >= 0.6 is 24.0 Å². The maximum Gasteiger partial charge on any atom is 0.191 e. The highest BCUT2D eigenvalue weighted by atomic mass is 127. The fourth-order valence-electron chi connectivity index (χ4n) is 3.86. The zero-order valence-corrected chi connectivity index (χ0v) is 19.0. The van der Waals surface area contributed by atoms with E-state index in [1.165, 1.54) is 38.9 Å². The highest BCUT2D eigenvalue weighted by molar-refractivity contribution is 14.0. The van der Waals surface area contributed by atoms with Gasteiger partial charge in [-0.1, -0.05) is 6.92 Å². The van der Waals surface area contributed by atoms with Gasteiger partial charge in [0.25, 0.3) is 0 Å². The van der Waals surface area contributed by atoms with Crippen molar-refractivity contribution in [2.75, 3.05) is 59.1 Å². The third-order valence-electron chi connectivity index (χ3n) is 5.74. The lowest BCUT2D eigenvalue weighted by molar-refractivity contribution is 0.131. The summed E-state index contributed by atoms with van der Waals surface area (Å²) >= 11 is 0. The van der Waals surface area contributed by atoms with Gasteiger partial charge in [0.15, 0.2) is 5.96 Å². The minimum atomic E-state index is 0. The number of hydrogen-bond donors (Lipinski definition) is 3. The number of aliphatic hydroxyl groups excluding tert-OH is 1. The van der Waals surface area contributed by atoms with Gasteiger partial charge in [0.2, 0.25) is 0 Å². The molecule has 1 atom stereocenters. The highest BCUT2D eigenvalue weighted by Crippen LogP contribution is 2.32. The molecule has 2 heterocycles. The quantitative estimate of drug-likeness (QED) is 0.267. The van der Waals surface area contributed by atoms with E-state index < -0.39 is 0 Å². The van der Waals surface area contributed by atoms with E-state index in [4.69, 9.17) is 9.73 Å². The van der Waals surface area contributed by atoms with Crippen LogP contribution in [0.15, 0.2) is 4.99 Å². The normalized spacial score (nSPS) is 25.1. The first kappa shape index (κ1) is 23.9. The number of aliphatic hydroxyl groups is 1. The number of rotatable bonds is 9. The van der Waals surface area contributed by atoms with Crippen molar-refractivity contribution in [3.63, 3.8) is 0 Å². The van der Waals surface area contributed by atoms with Gasteiger partial charge in [0.05, 0.1) is 13.2 Å². The van der Waals surface area contributed by atoms with Crippen molar-refractivity contribution < 1.29 is 9.84 Å². The Bertz CT molecular complexity index is 395. The van der Waals surface area contributed by atoms with Crippen LogP contribution in [0.25, 0.3) is 0 Å². The van der Waals surface area contributed by atoms with Crippen molar-refractivity contribution in [1.29, 1.82) is 0 Å². The van der Waals surface area contributed by atoms with E-state index in [-0.39, 0.29) is 36.0 Å². The van der Waals surface area contributed by atoms with E-state index in [1.54, 1.807) is 0 Å². The van der Waals surface area contributed by atoms with Gasteiger partial charge in [0.1, 0.15) is 0 Å². The van der Waals surface area contributed by atoms with Crippen LogP contribution in [-0.4, -0.2) is 75.1 Å². The van der Waals surface area contributed by atoms with Crippen molar-refractivity contribution in [3.05, 3.63) is 0 Å². The summed E-state index contributed by atoms with van der Waals surface area (Å²) in [6.07, 6.45) is 5.62. The number of nitrogens with one attached hydrogen (secondary N) is 2. The minimum Gasteiger partial charge on any atom is -0.396 e. The molecule has 0 spiro atoms. The Balaban J connectivity index is 0.00000338. The highest BCUT2D eigenvalue weighted by Gasteiger charge is 2.34. The van der Waals surface area contributed by atoms with Gasteiger partial charge in [0, 0.05) is 31.7 Å². The van der Waals surface area contributed by atoms with Crippen LogP contribution in [-0.2, 0) is 4.74 Å². The summed E-state index contributed by atoms with van der Waals surface area (Å²) in [6, 6.07) is 0. The lowest BCUT2D eigenvalue weighted by Crippen LogP contribution is -2.40. The van der Waals surface area contributed by atoms with E-state index in [0.717, 1.165) is 51.0 Å². The van der Waals surface area contributed by atoms with Crippen LogP contribution in [0.5, 0.6) is 0 Å². The predicted molar refractivity (Wildman–Crippen MR) is 118 cm³/mol. The molecule has 26 heavy (non-hydrogen) atoms. The zero-order chi connectivity index (χ0) is 18.0. The molecule has 2 saturated heterocycles. The average molecular weight is 482 g/mol. The summed E-state index contributed by atoms with van der Waals surface area (Å²) in [7, 11) is 0. The van der Waals surface area contributed by atoms with Gasteiger partial charge in [-0.3, -0.25) is 4.99 Å². The third-order valence-corrected chi connectivity index (χ3v) is 5.74. The van der Waals surface area contributed by atoms with Crippen molar-refractivity contribution in [3.8, 4) is 0 Å². The van der Waals surface area contributed by atoms with Crippen molar-refractivity contribution in [2.45, 2.75) is 46.0 Å². The molecule has 0 aromatic carbocycles. The van der Waals surface area contributed by atoms with Gasteiger partial charge in [-0.25, -0.2) is 0 Å². The van der Waals surface area contributed by atoms with E-state index >= 15 is 0 Å². The van der Waals surface area contributed by atoms with Crippen LogP contribution < -0.4 is 10.6 Å². The molecule has 3 N–H and O–H groups in total. The summed E-state index contributed by atoms with van der Waals surface area (Å²) < 4.78 is 5.56. The molecule has 154 valence electrons. The molecule has 2 fully saturated rings. The first-order chi connectivity index (χ1) is 12.2. The van der Waals surface area contributed by atoms with E-state index in [0.29, 0.717) is 6.61 Å². The van der Waals surface area contributed by atoms with Crippen LogP contribution in [0.1, 0.15) is 46.0 Å². The Morgan fingerprint density at radius 3 is 2.62 bits per heavy atom. The summed E-state index contributed by atoms with van der Waals surface area (Å²) in [4.78, 5) is 7.33. The molecule has 0 radical (unpaired) electrons. The second kappa shape index (κ2) is 13.1. The number of likely N-dealkylation sites (tertiary alicyclic amines) is 1. The number of ether oxygens (including phenoxy) is 1. The van der Waals surface area contributed by atoms with Crippen LogP contribution in [0.4, 0.5) is 0 Å². The lowest BCUT2D eigenvalue weighted by atomic mass is 9.84. The fourth-order valence-corrected chi connectivity index (χ4v) is 3.86. The zero-order valence-electron chi connectivity index (χ0n) is 16.6. The third kappa shape index (κ3) is 7.86. The minimum absolute atomic E-state index is 0. The maximum absolute atomic E-state index is 9.34. The van der Waals surface area contributed by atoms with Gasteiger partial charge in [-0.05, 0) is 64.6 Å². The van der Waals surface area contributed by atoms with Crippen molar-refractivity contribution >= 4 is 29.9 Å². The Hall–Kier alpha value is -0.120. The van der Waals surface area contributed by atoms with Gasteiger partial charge in [-0.15, -0.1) is 24.0 Å². The number of guanidine groups is 1. The van der Waals surface area contributed by atoms with E-state index in [1.807, 2.05) is 0 Å². The Morgan fingerprint density at radius 2 is 2.04 bits per heavy atom. The van der Waals surface area contributed by atoms with Crippen molar-refractivity contribution in [1.82, 2.24) is 15.5 Å². The molecule has 0 aliphatic carbocycles. The van der Waals surface area contributed by atoms with Gasteiger partial charge in [-0.2, -0.15) is 0 Å². The molecule has 0 bridgehead atoms. The molecule has 2 aliphatic heterocycles. The molecule has 6 nitrogen and oxygen atoms in total. The van der Waals surface area contributed by atoms with E-state index in [2.05, 4.69) is 29.4 Å². The topological polar surface area (TPSA) is 69.1 Å². The summed E-state index contributed by atoms with van der Waals surface area (Å²) in [5.41, 5.74) is 0.0179. The molecule has 2 aliphatic rings. The standard InChI is InChI=1S/C19H38N4O2.HI/c1-3-20-18(22-15-19(8-13-24)9-14-25-16-19)21-10-5-17-6-11-23(4-2)12-7-17;/h17,24H,3-16H2,1-2H3,(H2,20,21,22);1H. The molecule has 7 heteroatoms. The maximum atomic E-state index is 9.34. The SMILES string of the molecule is CCNC(=NCC1(CCO)CCOC1)NCCC1CCN(CC)CC1.I. The average Bonchev–Trinajstić information content (AvgIpc) is 3.09. The number of piperidine rings is 1. The Kier molecular flexibility index (Phi) is 12.1. The first-order valence-electron chi connectivity index (χ1n) is 10.1. The molecule has 1 unspecified atom stereocenters. The second-order valence-electron chi connectivity index (χ2n) is 7.56. The van der Waals surface area contributed by atoms with Crippen LogP contribution in [0.3, 0.4) is 0 Å². The smallest absolute Gasteiger partial charge is 0.191 e. The fraction of sp³-hybridized carbons (Fsp3) is 0.947. The number of hydrogen-bond acceptors (Lipinski definition) is 4. The number of halogens is 1. The molecular weight excluding hydrogens is 443 g/mol. The van der Waals surface area contributed by atoms with Gasteiger partial charge >= 0.3 is 0 Å². The summed E-state index contributed by atoms with van der Waals surface area (Å²) in [6.45, 7) is 12.3. The van der Waals surface area contributed by atoms with E-state index in [9.17, 15) is 5.11 Å².